The van der Waals surface area contributed by atoms with E-state index in [0.717, 1.165) is 17.9 Å². The first-order chi connectivity index (χ1) is 10.8. The molecule has 0 amide bonds. The number of nitro groups is 1. The summed E-state index contributed by atoms with van der Waals surface area (Å²) in [7, 11) is -1.94. The predicted molar refractivity (Wildman–Crippen MR) is 86.5 cm³/mol. The van der Waals surface area contributed by atoms with Gasteiger partial charge in [0.2, 0.25) is 0 Å². The van der Waals surface area contributed by atoms with Gasteiger partial charge in [0, 0.05) is 18.9 Å². The molecule has 0 atom stereocenters. The summed E-state index contributed by atoms with van der Waals surface area (Å²) in [5.41, 5.74) is 0.854. The van der Waals surface area contributed by atoms with Gasteiger partial charge in [0.25, 0.3) is 5.69 Å². The number of nitro benzene ring substituents is 1. The van der Waals surface area contributed by atoms with Gasteiger partial charge < -0.3 is 10.1 Å². The third-order valence-electron chi connectivity index (χ3n) is 3.21. The zero-order chi connectivity index (χ0) is 17.0. The van der Waals surface area contributed by atoms with Crippen LogP contribution in [0, 0.1) is 10.1 Å². The maximum Gasteiger partial charge on any atom is 0.293 e. The predicted octanol–water partition coefficient (Wildman–Crippen LogP) is 2.62. The highest BCUT2D eigenvalue weighted by molar-refractivity contribution is 7.90. The van der Waals surface area contributed by atoms with E-state index in [1.165, 1.54) is 12.1 Å². The van der Waals surface area contributed by atoms with E-state index in [-0.39, 0.29) is 16.3 Å². The molecule has 0 aromatic heterocycles. The number of sulfone groups is 1. The van der Waals surface area contributed by atoms with E-state index in [4.69, 9.17) is 4.74 Å². The summed E-state index contributed by atoms with van der Waals surface area (Å²) < 4.78 is 28.1. The zero-order valence-electron chi connectivity index (χ0n) is 12.6. The van der Waals surface area contributed by atoms with Gasteiger partial charge in [-0.05, 0) is 29.8 Å². The fourth-order valence-corrected chi connectivity index (χ4v) is 2.66. The van der Waals surface area contributed by atoms with Crippen LogP contribution in [0.25, 0.3) is 0 Å². The lowest BCUT2D eigenvalue weighted by atomic mass is 10.2. The molecular weight excluding hydrogens is 320 g/mol. The standard InChI is InChI=1S/C15H16N2O5S/c1-22-12-5-3-4-11(8-12)10-16-14-7-6-13(23(2,20)21)9-15(14)17(18)19/h3-9,16H,10H2,1-2H3. The van der Waals surface area contributed by atoms with E-state index in [1.807, 2.05) is 18.2 Å². The molecule has 0 saturated carbocycles. The molecule has 8 heteroatoms. The molecule has 7 nitrogen and oxygen atoms in total. The quantitative estimate of drug-likeness (QED) is 0.643. The van der Waals surface area contributed by atoms with Crippen LogP contribution < -0.4 is 10.1 Å². The second-order valence-corrected chi connectivity index (χ2v) is 6.93. The van der Waals surface area contributed by atoms with Crippen molar-refractivity contribution in [3.05, 3.63) is 58.1 Å². The first-order valence-electron chi connectivity index (χ1n) is 6.66. The molecule has 0 fully saturated rings. The maximum absolute atomic E-state index is 11.5. The first kappa shape index (κ1) is 16.8. The molecule has 0 bridgehead atoms. The monoisotopic (exact) mass is 336 g/mol. The lowest BCUT2D eigenvalue weighted by Crippen LogP contribution is -2.05. The number of hydrogen-bond acceptors (Lipinski definition) is 6. The van der Waals surface area contributed by atoms with Crippen molar-refractivity contribution in [1.82, 2.24) is 0 Å². The minimum absolute atomic E-state index is 0.0869. The number of rotatable bonds is 6. The molecule has 0 unspecified atom stereocenters. The SMILES string of the molecule is COc1cccc(CNc2ccc(S(C)(=O)=O)cc2[N+](=O)[O-])c1. The normalized spacial score (nSPS) is 11.0. The molecule has 2 aromatic rings. The van der Waals surface area contributed by atoms with E-state index >= 15 is 0 Å². The largest absolute Gasteiger partial charge is 0.497 e. The topological polar surface area (TPSA) is 98.5 Å². The molecule has 0 aliphatic carbocycles. The summed E-state index contributed by atoms with van der Waals surface area (Å²) >= 11 is 0. The molecule has 2 aromatic carbocycles. The van der Waals surface area contributed by atoms with Crippen molar-refractivity contribution in [3.8, 4) is 5.75 Å². The van der Waals surface area contributed by atoms with E-state index < -0.39 is 14.8 Å². The van der Waals surface area contributed by atoms with E-state index in [0.29, 0.717) is 12.3 Å². The third kappa shape index (κ3) is 4.19. The van der Waals surface area contributed by atoms with Crippen molar-refractivity contribution in [1.29, 1.82) is 0 Å². The Labute approximate surface area is 134 Å². The van der Waals surface area contributed by atoms with E-state index in [9.17, 15) is 18.5 Å². The smallest absolute Gasteiger partial charge is 0.293 e. The van der Waals surface area contributed by atoms with E-state index in [1.54, 1.807) is 13.2 Å². The molecule has 0 spiro atoms. The van der Waals surface area contributed by atoms with Gasteiger partial charge in [-0.1, -0.05) is 12.1 Å². The van der Waals surface area contributed by atoms with Crippen molar-refractivity contribution in [2.24, 2.45) is 0 Å². The third-order valence-corrected chi connectivity index (χ3v) is 4.32. The molecule has 0 heterocycles. The molecule has 0 radical (unpaired) electrons. The highest BCUT2D eigenvalue weighted by atomic mass is 32.2. The van der Waals surface area contributed by atoms with Crippen molar-refractivity contribution in [2.45, 2.75) is 11.4 Å². The van der Waals surface area contributed by atoms with Crippen LogP contribution in [-0.2, 0) is 16.4 Å². The number of hydrogen-bond donors (Lipinski definition) is 1. The Balaban J connectivity index is 2.27. The maximum atomic E-state index is 11.5. The number of nitrogens with one attached hydrogen (secondary N) is 1. The van der Waals surface area contributed by atoms with Gasteiger partial charge in [0.15, 0.2) is 9.84 Å². The second-order valence-electron chi connectivity index (χ2n) is 4.91. The van der Waals surface area contributed by atoms with Gasteiger partial charge >= 0.3 is 0 Å². The molecular formula is C15H16N2O5S. The molecule has 1 N–H and O–H groups in total. The number of nitrogens with zero attached hydrogens (tertiary/aromatic N) is 1. The molecule has 23 heavy (non-hydrogen) atoms. The summed E-state index contributed by atoms with van der Waals surface area (Å²) in [6.07, 6.45) is 1.01. The Kier molecular flexibility index (Phi) is 4.85. The van der Waals surface area contributed by atoms with Gasteiger partial charge in [0.1, 0.15) is 11.4 Å². The van der Waals surface area contributed by atoms with Gasteiger partial charge in [-0.15, -0.1) is 0 Å². The van der Waals surface area contributed by atoms with Crippen molar-refractivity contribution in [2.75, 3.05) is 18.7 Å². The number of anilines is 1. The van der Waals surface area contributed by atoms with Crippen LogP contribution in [0.4, 0.5) is 11.4 Å². The minimum atomic E-state index is -3.50. The summed E-state index contributed by atoms with van der Waals surface area (Å²) in [4.78, 5) is 10.5. The Bertz CT molecular complexity index is 834. The van der Waals surface area contributed by atoms with Gasteiger partial charge in [0.05, 0.1) is 16.9 Å². The number of methoxy groups -OCH3 is 1. The van der Waals surface area contributed by atoms with Crippen molar-refractivity contribution in [3.63, 3.8) is 0 Å². The lowest BCUT2D eigenvalue weighted by molar-refractivity contribution is -0.384. The summed E-state index contributed by atoms with van der Waals surface area (Å²) in [6, 6.07) is 11.1. The number of ether oxygens (including phenoxy) is 1. The van der Waals surface area contributed by atoms with Crippen LogP contribution in [0.1, 0.15) is 5.56 Å². The van der Waals surface area contributed by atoms with Gasteiger partial charge in [-0.3, -0.25) is 10.1 Å². The summed E-state index contributed by atoms with van der Waals surface area (Å²) in [5, 5.41) is 14.1. The Morgan fingerprint density at radius 3 is 2.57 bits per heavy atom. The zero-order valence-corrected chi connectivity index (χ0v) is 13.5. The second kappa shape index (κ2) is 6.66. The fraction of sp³-hybridized carbons (Fsp3) is 0.200. The molecule has 0 aliphatic heterocycles. The average Bonchev–Trinajstić information content (AvgIpc) is 2.52. The molecule has 0 saturated heterocycles. The van der Waals surface area contributed by atoms with Crippen LogP contribution in [0.3, 0.4) is 0 Å². The van der Waals surface area contributed by atoms with Crippen molar-refractivity contribution < 1.29 is 18.1 Å². The molecule has 0 aliphatic rings. The summed E-state index contributed by atoms with van der Waals surface area (Å²) in [5.74, 6) is 0.686. The Morgan fingerprint density at radius 2 is 1.96 bits per heavy atom. The van der Waals surface area contributed by atoms with E-state index in [2.05, 4.69) is 5.32 Å². The van der Waals surface area contributed by atoms with Crippen LogP contribution in [-0.4, -0.2) is 26.7 Å². The molecule has 122 valence electrons. The van der Waals surface area contributed by atoms with Gasteiger partial charge in [-0.25, -0.2) is 8.42 Å². The highest BCUT2D eigenvalue weighted by Crippen LogP contribution is 2.28. The van der Waals surface area contributed by atoms with Crippen LogP contribution in [0.15, 0.2) is 47.4 Å². The number of benzene rings is 2. The highest BCUT2D eigenvalue weighted by Gasteiger charge is 2.18. The fourth-order valence-electron chi connectivity index (χ4n) is 2.02. The Hall–Kier alpha value is -2.61. The molecule has 2 rings (SSSR count). The average molecular weight is 336 g/mol. The van der Waals surface area contributed by atoms with Crippen LogP contribution >= 0.6 is 0 Å². The van der Waals surface area contributed by atoms with Crippen LogP contribution in [0.2, 0.25) is 0 Å². The lowest BCUT2D eigenvalue weighted by Gasteiger charge is -2.09. The van der Waals surface area contributed by atoms with Crippen LogP contribution in [0.5, 0.6) is 5.75 Å². The first-order valence-corrected chi connectivity index (χ1v) is 8.55. The summed E-state index contributed by atoms with van der Waals surface area (Å²) in [6.45, 7) is 0.344. The minimum Gasteiger partial charge on any atom is -0.497 e. The Morgan fingerprint density at radius 1 is 1.22 bits per heavy atom. The van der Waals surface area contributed by atoms with Crippen molar-refractivity contribution >= 4 is 21.2 Å². The van der Waals surface area contributed by atoms with Gasteiger partial charge in [-0.2, -0.15) is 0 Å².